The molecule has 1 aromatic heterocycles. The molecule has 90 valence electrons. The summed E-state index contributed by atoms with van der Waals surface area (Å²) in [5, 5.41) is 5.33. The molecular formula is C12H15N2O2P. The fourth-order valence-corrected chi connectivity index (χ4v) is 3.16. The fourth-order valence-electron chi connectivity index (χ4n) is 1.75. The van der Waals surface area contributed by atoms with Crippen molar-refractivity contribution in [2.45, 2.75) is 19.5 Å². The summed E-state index contributed by atoms with van der Waals surface area (Å²) in [6.07, 6.45) is 1.58. The summed E-state index contributed by atoms with van der Waals surface area (Å²) in [5.74, 6) is 0. The second-order valence-electron chi connectivity index (χ2n) is 4.40. The van der Waals surface area contributed by atoms with Crippen LogP contribution in [0.1, 0.15) is 13.8 Å². The zero-order chi connectivity index (χ0) is 12.6. The molecule has 0 aliphatic carbocycles. The Morgan fingerprint density at radius 2 is 2.00 bits per heavy atom. The first-order valence-electron chi connectivity index (χ1n) is 5.50. The van der Waals surface area contributed by atoms with Crippen LogP contribution in [0.4, 0.5) is 0 Å². The fraction of sp³-hybridized carbons (Fsp3) is 0.333. The van der Waals surface area contributed by atoms with Gasteiger partial charge in [-0.15, -0.1) is 0 Å². The van der Waals surface area contributed by atoms with Crippen molar-refractivity contribution in [3.05, 3.63) is 30.5 Å². The third kappa shape index (κ3) is 2.11. The predicted molar refractivity (Wildman–Crippen MR) is 65.3 cm³/mol. The van der Waals surface area contributed by atoms with Crippen molar-refractivity contribution < 1.29 is 14.1 Å². The van der Waals surface area contributed by atoms with Gasteiger partial charge in [0.15, 0.2) is 7.05 Å². The molecule has 0 aliphatic heterocycles. The Hall–Kier alpha value is -1.25. The standard InChI is InChI=1S/C12H15N2O2P/c1-9(2)17(15,16)12-8-14(3)13-11-7-5-4-6-10(11)12/h4-9H,1-3H3. The highest BCUT2D eigenvalue weighted by atomic mass is 31.2. The lowest BCUT2D eigenvalue weighted by atomic mass is 10.2. The quantitative estimate of drug-likeness (QED) is 0.583. The molecule has 0 spiro atoms. The maximum absolute atomic E-state index is 12.3. The molecule has 5 heteroatoms. The Morgan fingerprint density at radius 3 is 2.65 bits per heavy atom. The highest BCUT2D eigenvalue weighted by molar-refractivity contribution is 7.65. The van der Waals surface area contributed by atoms with Crippen molar-refractivity contribution in [3.63, 3.8) is 0 Å². The minimum atomic E-state index is -3.60. The van der Waals surface area contributed by atoms with Gasteiger partial charge in [-0.1, -0.05) is 36.7 Å². The van der Waals surface area contributed by atoms with Crippen molar-refractivity contribution in [2.24, 2.45) is 7.05 Å². The Morgan fingerprint density at radius 1 is 1.35 bits per heavy atom. The van der Waals surface area contributed by atoms with E-state index in [1.807, 2.05) is 18.2 Å². The summed E-state index contributed by atoms with van der Waals surface area (Å²) >= 11 is 0. The van der Waals surface area contributed by atoms with Crippen LogP contribution in [0, 0.1) is 0 Å². The van der Waals surface area contributed by atoms with Gasteiger partial charge < -0.3 is 9.46 Å². The van der Waals surface area contributed by atoms with Crippen LogP contribution >= 0.6 is 7.37 Å². The summed E-state index contributed by atoms with van der Waals surface area (Å²) in [6, 6.07) is 7.29. The first-order chi connectivity index (χ1) is 7.93. The van der Waals surface area contributed by atoms with Gasteiger partial charge in [0.25, 0.3) is 0 Å². The van der Waals surface area contributed by atoms with Crippen molar-refractivity contribution >= 4 is 23.6 Å². The second-order valence-corrected chi connectivity index (χ2v) is 7.10. The molecule has 0 bridgehead atoms. The molecule has 0 fully saturated rings. The zero-order valence-corrected chi connectivity index (χ0v) is 11.0. The van der Waals surface area contributed by atoms with Crippen molar-refractivity contribution in [2.75, 3.05) is 0 Å². The normalized spacial score (nSPS) is 15.1. The number of hydrogen-bond acceptors (Lipinski definition) is 3. The van der Waals surface area contributed by atoms with Gasteiger partial charge in [0.2, 0.25) is 6.20 Å². The number of aromatic nitrogens is 2. The molecule has 0 saturated heterocycles. The maximum atomic E-state index is 12.3. The van der Waals surface area contributed by atoms with Crippen LogP contribution in [-0.2, 0) is 11.6 Å². The van der Waals surface area contributed by atoms with Gasteiger partial charge in [-0.25, -0.2) is 0 Å². The van der Waals surface area contributed by atoms with Crippen LogP contribution in [0.3, 0.4) is 0 Å². The summed E-state index contributed by atoms with van der Waals surface area (Å²) in [6.45, 7) is 3.39. The highest BCUT2D eigenvalue weighted by Gasteiger charge is 2.22. The third-order valence-corrected chi connectivity index (χ3v) is 5.16. The van der Waals surface area contributed by atoms with Crippen LogP contribution in [0.15, 0.2) is 30.5 Å². The summed E-state index contributed by atoms with van der Waals surface area (Å²) in [7, 11) is -1.87. The molecule has 0 amide bonds. The van der Waals surface area contributed by atoms with Gasteiger partial charge in [-0.05, 0) is 16.8 Å². The average Bonchev–Trinajstić information content (AvgIpc) is 2.27. The number of fused-ring (bicyclic) bond motifs is 1. The molecule has 0 N–H and O–H groups in total. The van der Waals surface area contributed by atoms with E-state index in [1.54, 1.807) is 37.8 Å². The Balaban J connectivity index is 2.81. The Labute approximate surface area is 100 Å². The van der Waals surface area contributed by atoms with E-state index in [0.29, 0.717) is 16.2 Å². The zero-order valence-electron chi connectivity index (χ0n) is 10.1. The van der Waals surface area contributed by atoms with Crippen LogP contribution < -0.4 is 14.9 Å². The van der Waals surface area contributed by atoms with Gasteiger partial charge in [0.05, 0.1) is 12.7 Å². The monoisotopic (exact) mass is 250 g/mol. The molecule has 4 nitrogen and oxygen atoms in total. The molecule has 0 saturated carbocycles. The van der Waals surface area contributed by atoms with E-state index >= 15 is 0 Å². The lowest BCUT2D eigenvalue weighted by Gasteiger charge is -2.27. The molecule has 1 atom stereocenters. The average molecular weight is 250 g/mol. The third-order valence-electron chi connectivity index (χ3n) is 2.77. The van der Waals surface area contributed by atoms with Crippen LogP contribution in [-0.4, -0.2) is 10.8 Å². The van der Waals surface area contributed by atoms with E-state index in [9.17, 15) is 9.46 Å². The van der Waals surface area contributed by atoms with Crippen LogP contribution in [0.25, 0.3) is 10.9 Å². The van der Waals surface area contributed by atoms with Crippen LogP contribution in [0.5, 0.6) is 0 Å². The molecule has 1 aromatic carbocycles. The van der Waals surface area contributed by atoms with Crippen LogP contribution in [0.2, 0.25) is 0 Å². The lowest BCUT2D eigenvalue weighted by Crippen LogP contribution is -2.38. The van der Waals surface area contributed by atoms with E-state index in [1.165, 1.54) is 0 Å². The molecule has 0 aliphatic rings. The Bertz CT molecular complexity index is 610. The van der Waals surface area contributed by atoms with E-state index < -0.39 is 13.0 Å². The first-order valence-corrected chi connectivity index (χ1v) is 7.19. The highest BCUT2D eigenvalue weighted by Crippen LogP contribution is 2.41. The van der Waals surface area contributed by atoms with E-state index in [0.717, 1.165) is 0 Å². The number of hydrogen-bond donors (Lipinski definition) is 0. The molecule has 17 heavy (non-hydrogen) atoms. The maximum Gasteiger partial charge on any atom is 0.206 e. The molecule has 1 heterocycles. The predicted octanol–water partition coefficient (Wildman–Crippen LogP) is 0.731. The Kier molecular flexibility index (Phi) is 3.02. The van der Waals surface area contributed by atoms with Crippen molar-refractivity contribution in [1.29, 1.82) is 0 Å². The van der Waals surface area contributed by atoms with E-state index in [2.05, 4.69) is 5.10 Å². The van der Waals surface area contributed by atoms with Gasteiger partial charge in [0, 0.05) is 5.39 Å². The van der Waals surface area contributed by atoms with Crippen molar-refractivity contribution in [3.8, 4) is 0 Å². The summed E-state index contributed by atoms with van der Waals surface area (Å²) in [4.78, 5) is 12.3. The smallest absolute Gasteiger partial charge is 0.206 e. The number of rotatable bonds is 2. The number of aryl methyl sites for hydroxylation is 1. The molecular weight excluding hydrogens is 235 g/mol. The first kappa shape index (κ1) is 12.2. The largest absolute Gasteiger partial charge is 0.796 e. The summed E-state index contributed by atoms with van der Waals surface area (Å²) in [5.41, 5.74) is 0.289. The number of benzene rings is 1. The molecule has 1 unspecified atom stereocenters. The minimum Gasteiger partial charge on any atom is -0.796 e. The number of nitrogens with zero attached hydrogens (tertiary/aromatic N) is 2. The molecule has 2 rings (SSSR count). The van der Waals surface area contributed by atoms with Gasteiger partial charge in [0.1, 0.15) is 5.52 Å². The lowest BCUT2D eigenvalue weighted by molar-refractivity contribution is -0.727. The van der Waals surface area contributed by atoms with Gasteiger partial charge >= 0.3 is 0 Å². The van der Waals surface area contributed by atoms with Crippen molar-refractivity contribution in [1.82, 2.24) is 5.10 Å². The van der Waals surface area contributed by atoms with Gasteiger partial charge in [-0.3, -0.25) is 0 Å². The molecule has 0 radical (unpaired) electrons. The SMILES string of the molecule is CC(C)P(=O)([O-])c1c[n+](C)nc2ccccc12. The minimum absolute atomic E-state index is 0.376. The molecule has 2 aromatic rings. The van der Waals surface area contributed by atoms with Gasteiger partial charge in [-0.2, -0.15) is 0 Å². The van der Waals surface area contributed by atoms with E-state index in [4.69, 9.17) is 0 Å². The topological polar surface area (TPSA) is 56.9 Å². The van der Waals surface area contributed by atoms with E-state index in [-0.39, 0.29) is 0 Å². The summed E-state index contributed by atoms with van der Waals surface area (Å²) < 4.78 is 13.8. The second kappa shape index (κ2) is 4.21.